The molecule has 4 nitrogen and oxygen atoms in total. The van der Waals surface area contributed by atoms with Gasteiger partial charge in [0.15, 0.2) is 0 Å². The number of aliphatic carboxylic acids is 1. The minimum Gasteiger partial charge on any atom is -0.494 e. The Bertz CT molecular complexity index is 375. The molecule has 0 bridgehead atoms. The second-order valence-electron chi connectivity index (χ2n) is 4.25. The number of carboxylic acids is 1. The Hall–Kier alpha value is -1.55. The molecule has 2 unspecified atom stereocenters. The van der Waals surface area contributed by atoms with Crippen molar-refractivity contribution in [2.75, 3.05) is 6.61 Å². The average molecular weight is 251 g/mol. The van der Waals surface area contributed by atoms with Gasteiger partial charge in [0.2, 0.25) is 0 Å². The monoisotopic (exact) mass is 251 g/mol. The molecule has 0 aliphatic carbocycles. The maximum absolute atomic E-state index is 11.3. The zero-order chi connectivity index (χ0) is 13.5. The number of hydrogen-bond acceptors (Lipinski definition) is 3. The summed E-state index contributed by atoms with van der Waals surface area (Å²) in [7, 11) is 0. The Morgan fingerprint density at radius 3 is 2.39 bits per heavy atom. The van der Waals surface area contributed by atoms with Gasteiger partial charge in [0.05, 0.1) is 6.61 Å². The van der Waals surface area contributed by atoms with Crippen molar-refractivity contribution in [1.29, 1.82) is 0 Å². The van der Waals surface area contributed by atoms with E-state index in [0.29, 0.717) is 6.61 Å². The van der Waals surface area contributed by atoms with Crippen molar-refractivity contribution >= 4 is 5.97 Å². The van der Waals surface area contributed by atoms with Gasteiger partial charge in [-0.3, -0.25) is 10.1 Å². The molecule has 1 rings (SSSR count). The first-order valence-corrected chi connectivity index (χ1v) is 6.30. The summed E-state index contributed by atoms with van der Waals surface area (Å²) in [4.78, 5) is 11.3. The van der Waals surface area contributed by atoms with Gasteiger partial charge in [-0.15, -0.1) is 0 Å². The first-order chi connectivity index (χ1) is 8.58. The minimum absolute atomic E-state index is 0.165. The summed E-state index contributed by atoms with van der Waals surface area (Å²) in [6.07, 6.45) is 0.890. The fourth-order valence-electron chi connectivity index (χ4n) is 1.64. The van der Waals surface area contributed by atoms with Gasteiger partial charge in [-0.05, 0) is 38.0 Å². The highest BCUT2D eigenvalue weighted by atomic mass is 16.5. The van der Waals surface area contributed by atoms with Crippen LogP contribution in [0.3, 0.4) is 0 Å². The molecule has 2 atom stereocenters. The standard InChI is InChI=1S/C14H21NO3/c1-4-10(3)15-13(14(16)17)11-6-8-12(9-7-11)18-5-2/h6-10,13,15H,4-5H2,1-3H3,(H,16,17). The van der Waals surface area contributed by atoms with Gasteiger partial charge in [-0.1, -0.05) is 19.1 Å². The normalized spacial score (nSPS) is 13.9. The van der Waals surface area contributed by atoms with E-state index in [1.54, 1.807) is 24.3 Å². The molecule has 0 spiro atoms. The summed E-state index contributed by atoms with van der Waals surface area (Å²) in [5.74, 6) is -0.103. The predicted octanol–water partition coefficient (Wildman–Crippen LogP) is 2.60. The molecule has 2 N–H and O–H groups in total. The van der Waals surface area contributed by atoms with E-state index < -0.39 is 12.0 Å². The lowest BCUT2D eigenvalue weighted by Gasteiger charge is -2.19. The second-order valence-corrected chi connectivity index (χ2v) is 4.25. The molecule has 0 aliphatic rings. The van der Waals surface area contributed by atoms with Gasteiger partial charge >= 0.3 is 5.97 Å². The molecule has 0 aliphatic heterocycles. The summed E-state index contributed by atoms with van der Waals surface area (Å²) in [5, 5.41) is 12.3. The van der Waals surface area contributed by atoms with Crippen LogP contribution in [0, 0.1) is 0 Å². The maximum atomic E-state index is 11.3. The lowest BCUT2D eigenvalue weighted by atomic mass is 10.1. The Balaban J connectivity index is 2.82. The van der Waals surface area contributed by atoms with Gasteiger partial charge < -0.3 is 9.84 Å². The number of hydrogen-bond donors (Lipinski definition) is 2. The first-order valence-electron chi connectivity index (χ1n) is 6.30. The Morgan fingerprint density at radius 2 is 1.94 bits per heavy atom. The molecule has 0 aromatic heterocycles. The SMILES string of the molecule is CCOc1ccc(C(NC(C)CC)C(=O)O)cc1. The van der Waals surface area contributed by atoms with Gasteiger partial charge in [-0.25, -0.2) is 0 Å². The molecule has 0 heterocycles. The highest BCUT2D eigenvalue weighted by Crippen LogP contribution is 2.19. The van der Waals surface area contributed by atoms with Crippen LogP contribution in [-0.2, 0) is 4.79 Å². The van der Waals surface area contributed by atoms with Crippen LogP contribution in [0.5, 0.6) is 5.75 Å². The molecule has 1 aromatic carbocycles. The molecule has 0 saturated heterocycles. The van der Waals surface area contributed by atoms with E-state index in [4.69, 9.17) is 4.74 Å². The predicted molar refractivity (Wildman–Crippen MR) is 70.9 cm³/mol. The lowest BCUT2D eigenvalue weighted by molar-refractivity contribution is -0.139. The molecule has 0 amide bonds. The Morgan fingerprint density at radius 1 is 1.33 bits per heavy atom. The number of carbonyl (C=O) groups is 1. The van der Waals surface area contributed by atoms with Crippen LogP contribution in [0.15, 0.2) is 24.3 Å². The van der Waals surface area contributed by atoms with Crippen LogP contribution < -0.4 is 10.1 Å². The van der Waals surface area contributed by atoms with Crippen molar-refractivity contribution in [2.45, 2.75) is 39.3 Å². The zero-order valence-electron chi connectivity index (χ0n) is 11.1. The Kier molecular flexibility index (Phi) is 5.65. The third kappa shape index (κ3) is 4.04. The fourth-order valence-corrected chi connectivity index (χ4v) is 1.64. The molecule has 0 radical (unpaired) electrons. The highest BCUT2D eigenvalue weighted by molar-refractivity contribution is 5.75. The number of rotatable bonds is 7. The molecule has 100 valence electrons. The number of benzene rings is 1. The molecule has 0 fully saturated rings. The summed E-state index contributed by atoms with van der Waals surface area (Å²) in [6, 6.07) is 6.67. The zero-order valence-corrected chi connectivity index (χ0v) is 11.1. The van der Waals surface area contributed by atoms with Crippen LogP contribution in [0.1, 0.15) is 38.8 Å². The van der Waals surface area contributed by atoms with Crippen molar-refractivity contribution in [2.24, 2.45) is 0 Å². The van der Waals surface area contributed by atoms with Gasteiger partial charge in [-0.2, -0.15) is 0 Å². The van der Waals surface area contributed by atoms with E-state index in [9.17, 15) is 9.90 Å². The third-order valence-electron chi connectivity index (χ3n) is 2.83. The molecule has 1 aromatic rings. The summed E-state index contributed by atoms with van der Waals surface area (Å²) in [5.41, 5.74) is 0.742. The van der Waals surface area contributed by atoms with Crippen molar-refractivity contribution in [3.8, 4) is 5.75 Å². The number of nitrogens with one attached hydrogen (secondary N) is 1. The summed E-state index contributed by atoms with van der Waals surface area (Å²) >= 11 is 0. The molecule has 0 saturated carbocycles. The van der Waals surface area contributed by atoms with Crippen molar-refractivity contribution < 1.29 is 14.6 Å². The maximum Gasteiger partial charge on any atom is 0.325 e. The average Bonchev–Trinajstić information content (AvgIpc) is 2.37. The summed E-state index contributed by atoms with van der Waals surface area (Å²) < 4.78 is 5.34. The molecule has 18 heavy (non-hydrogen) atoms. The van der Waals surface area contributed by atoms with Crippen LogP contribution in [-0.4, -0.2) is 23.7 Å². The second kappa shape index (κ2) is 7.01. The van der Waals surface area contributed by atoms with E-state index in [-0.39, 0.29) is 6.04 Å². The fraction of sp³-hybridized carbons (Fsp3) is 0.500. The van der Waals surface area contributed by atoms with Crippen LogP contribution in [0.4, 0.5) is 0 Å². The van der Waals surface area contributed by atoms with Crippen molar-refractivity contribution in [3.05, 3.63) is 29.8 Å². The topological polar surface area (TPSA) is 58.6 Å². The van der Waals surface area contributed by atoms with Crippen LogP contribution in [0.25, 0.3) is 0 Å². The van der Waals surface area contributed by atoms with Crippen molar-refractivity contribution in [1.82, 2.24) is 5.32 Å². The van der Waals surface area contributed by atoms with E-state index in [0.717, 1.165) is 17.7 Å². The molecular weight excluding hydrogens is 230 g/mol. The van der Waals surface area contributed by atoms with Gasteiger partial charge in [0.25, 0.3) is 0 Å². The van der Waals surface area contributed by atoms with Crippen molar-refractivity contribution in [3.63, 3.8) is 0 Å². The number of carboxylic acid groups (broad SMARTS) is 1. The van der Waals surface area contributed by atoms with E-state index >= 15 is 0 Å². The van der Waals surface area contributed by atoms with Gasteiger partial charge in [0, 0.05) is 6.04 Å². The highest BCUT2D eigenvalue weighted by Gasteiger charge is 2.20. The molecule has 4 heteroatoms. The minimum atomic E-state index is -0.862. The summed E-state index contributed by atoms with van der Waals surface area (Å²) in [6.45, 7) is 6.52. The Labute approximate surface area is 108 Å². The van der Waals surface area contributed by atoms with E-state index in [1.807, 2.05) is 20.8 Å². The largest absolute Gasteiger partial charge is 0.494 e. The van der Waals surface area contributed by atoms with Gasteiger partial charge in [0.1, 0.15) is 11.8 Å². The smallest absolute Gasteiger partial charge is 0.325 e. The quantitative estimate of drug-likeness (QED) is 0.782. The number of ether oxygens (including phenoxy) is 1. The van der Waals surface area contributed by atoms with E-state index in [2.05, 4.69) is 5.32 Å². The third-order valence-corrected chi connectivity index (χ3v) is 2.83. The van der Waals surface area contributed by atoms with Crippen LogP contribution >= 0.6 is 0 Å². The van der Waals surface area contributed by atoms with Crippen LogP contribution in [0.2, 0.25) is 0 Å². The van der Waals surface area contributed by atoms with E-state index in [1.165, 1.54) is 0 Å². The molecular formula is C14H21NO3. The lowest BCUT2D eigenvalue weighted by Crippen LogP contribution is -2.34. The first kappa shape index (κ1) is 14.5.